The molecule has 2 amide bonds. The van der Waals surface area contributed by atoms with Crippen molar-refractivity contribution in [2.45, 2.75) is 320 Å². The van der Waals surface area contributed by atoms with Crippen molar-refractivity contribution in [3.63, 3.8) is 0 Å². The van der Waals surface area contributed by atoms with Gasteiger partial charge < -0.3 is 87.8 Å². The highest BCUT2D eigenvalue weighted by Gasteiger charge is 2.59. The second kappa shape index (κ2) is 43.9. The van der Waals surface area contributed by atoms with Gasteiger partial charge in [-0.05, 0) is 191 Å². The number of ether oxygens (including phenoxy) is 10. The number of cyclic esters (lactones) is 2. The van der Waals surface area contributed by atoms with Gasteiger partial charge in [-0.15, -0.1) is 13.2 Å². The number of piperidine rings is 2. The molecule has 6 fully saturated rings. The van der Waals surface area contributed by atoms with E-state index in [1.807, 2.05) is 65.8 Å². The third-order valence-electron chi connectivity index (χ3n) is 25.7. The predicted molar refractivity (Wildman–Crippen MR) is 425 cm³/mol. The molecular weight excluding hydrogens is 1470 g/mol. The highest BCUT2D eigenvalue weighted by Crippen LogP contribution is 2.43. The molecule has 2 aliphatic carbocycles. The van der Waals surface area contributed by atoms with Crippen LogP contribution in [0.1, 0.15) is 210 Å². The summed E-state index contributed by atoms with van der Waals surface area (Å²) in [5.74, 6) is -15.5. The molecule has 26 nitrogen and oxygen atoms in total. The average Bonchev–Trinajstić information content (AvgIpc) is 0.774. The monoisotopic (exact) mass is 1610 g/mol. The molecule has 4 bridgehead atoms. The fourth-order valence-corrected chi connectivity index (χ4v) is 18.8. The summed E-state index contributed by atoms with van der Waals surface area (Å²) in [6.45, 7) is 26.3. The molecule has 0 radical (unpaired) electrons. The molecule has 6 N–H and O–H groups in total. The van der Waals surface area contributed by atoms with Crippen LogP contribution in [-0.2, 0) is 85.7 Å². The van der Waals surface area contributed by atoms with Crippen molar-refractivity contribution < 1.29 is 116 Å². The van der Waals surface area contributed by atoms with Crippen molar-refractivity contribution in [3.8, 4) is 0 Å². The zero-order valence-electron chi connectivity index (χ0n) is 70.8. The molecule has 2 saturated carbocycles. The summed E-state index contributed by atoms with van der Waals surface area (Å²) in [6.07, 6.45) is 9.86. The topological polar surface area (TPSA) is 357 Å². The molecule has 0 spiro atoms. The molecule has 26 heteroatoms. The van der Waals surface area contributed by atoms with E-state index in [0.29, 0.717) is 114 Å². The van der Waals surface area contributed by atoms with Gasteiger partial charge >= 0.3 is 11.9 Å². The Balaban J connectivity index is 0.000000316. The largest absolute Gasteiger partial charge is 0.456 e. The van der Waals surface area contributed by atoms with Gasteiger partial charge in [0.15, 0.2) is 0 Å². The summed E-state index contributed by atoms with van der Waals surface area (Å²) in [5.41, 5.74) is 3.22. The van der Waals surface area contributed by atoms with Crippen LogP contribution in [0, 0.1) is 59.2 Å². The van der Waals surface area contributed by atoms with E-state index < -0.39 is 168 Å². The Morgan fingerprint density at radius 3 is 1.12 bits per heavy atom. The molecule has 6 aliphatic heterocycles. The predicted octanol–water partition coefficient (Wildman–Crippen LogP) is 9.28. The van der Waals surface area contributed by atoms with Gasteiger partial charge in [-0.25, -0.2) is 9.59 Å². The number of Topliss-reactive ketones (excluding diaryl/α,β-unsaturated/α-hetero) is 4. The van der Waals surface area contributed by atoms with Gasteiger partial charge in [-0.2, -0.15) is 0 Å². The number of esters is 2. The van der Waals surface area contributed by atoms with Gasteiger partial charge in [0.2, 0.25) is 11.6 Å². The molecule has 0 aromatic rings. The first-order valence-electron chi connectivity index (χ1n) is 41.8. The number of fused-ring (bicyclic) bond motifs is 6. The number of aliphatic hydroxyl groups is 6. The molecule has 114 heavy (non-hydrogen) atoms. The van der Waals surface area contributed by atoms with Gasteiger partial charge in [0.05, 0.1) is 61.0 Å². The third-order valence-corrected chi connectivity index (χ3v) is 25.7. The number of allylic oxidation sites excluding steroid dienone is 8. The molecule has 8 aliphatic rings. The summed E-state index contributed by atoms with van der Waals surface area (Å²) in [4.78, 5) is 116. The first-order valence-corrected chi connectivity index (χ1v) is 41.8. The van der Waals surface area contributed by atoms with Crippen LogP contribution in [0.3, 0.4) is 0 Å². The van der Waals surface area contributed by atoms with E-state index in [0.717, 1.165) is 11.1 Å². The summed E-state index contributed by atoms with van der Waals surface area (Å²) >= 11 is 0. The van der Waals surface area contributed by atoms with Crippen LogP contribution >= 0.6 is 0 Å². The molecular formula is C88H138N2O24. The van der Waals surface area contributed by atoms with Gasteiger partial charge in [0.25, 0.3) is 23.4 Å². The minimum Gasteiger partial charge on any atom is -0.456 e. The van der Waals surface area contributed by atoms with E-state index in [1.165, 1.54) is 38.2 Å². The molecule has 4 saturated heterocycles. The number of ketones is 4. The Morgan fingerprint density at radius 1 is 0.465 bits per heavy atom. The highest BCUT2D eigenvalue weighted by molar-refractivity contribution is 6.39. The number of methoxy groups -OCH3 is 6. The van der Waals surface area contributed by atoms with Crippen molar-refractivity contribution >= 4 is 46.9 Å². The molecule has 0 aromatic heterocycles. The standard InChI is InChI=1S/2C44H69NO12/c2*1-10-13-31-19-25(2)18-26(3)20-37(54-8)40-38(55-9)22-28(5)44(52,57-40)41(49)42(50)45-17-12-11-14-32(45)43(51)56-39(29(6)34(47)24-35(31)48)27(4)21-30-15-16-33(46)36(23-30)53-7/h2*10,19,21,26,28-34,36-40,46-47,52H,1,11-18,20,22-24H2,2-9H3/b2*25-19+,27-21+/t2*26-,28+,29+,30-,31+,32-,33+,34-,36+,37-,38-,39+,40+,44+/m00/s1. The fourth-order valence-electron chi connectivity index (χ4n) is 18.8. The van der Waals surface area contributed by atoms with Crippen molar-refractivity contribution in [2.24, 2.45) is 59.2 Å². The SMILES string of the molecule is C=CC[C@@H]1/C=C(\C)C[C@H](C)C[C@H](OC)[C@H]2O[C@@](O)(C(=O)C(=O)N3CCCC[C@H]3C(=O)O[C@H](/C(C)=C/[C@@H]3CC[C@@H](O)[C@H](OC)C3)[C@H](C)[C@@H](O)CC1=O)[C@H](C)C[C@@H]2OC.C=CC[C@@H]1/C=C(\C)C[C@H](C)C[C@H](OC)[C@H]2O[C@@](O)(C(=O)C(=O)N3CCCC[C@H]3C(=O)O[C@H](/C(C)=C/[C@@H]3CC[C@@H](O)[C@H](OC)C3)[C@H](C)[C@@H](O)CC1=O)[C@H](C)C[C@@H]2OC. The lowest BCUT2D eigenvalue weighted by molar-refractivity contribution is -0.302. The summed E-state index contributed by atoms with van der Waals surface area (Å²) in [7, 11) is 9.22. The molecule has 28 atom stereocenters. The fraction of sp³-hybridized carbons (Fsp3) is 0.773. The van der Waals surface area contributed by atoms with Crippen molar-refractivity contribution in [1.29, 1.82) is 0 Å². The maximum absolute atomic E-state index is 14.3. The van der Waals surface area contributed by atoms with Gasteiger partial charge in [-0.3, -0.25) is 28.8 Å². The summed E-state index contributed by atoms with van der Waals surface area (Å²) in [6, 6.07) is -2.29. The minimum absolute atomic E-state index is 0.00988. The van der Waals surface area contributed by atoms with Crippen LogP contribution < -0.4 is 0 Å². The zero-order chi connectivity index (χ0) is 84.4. The van der Waals surface area contributed by atoms with E-state index in [1.54, 1.807) is 54.1 Å². The first-order chi connectivity index (χ1) is 54.0. The lowest BCUT2D eigenvalue weighted by Crippen LogP contribution is -2.64. The van der Waals surface area contributed by atoms with Crippen LogP contribution in [0.25, 0.3) is 0 Å². The smallest absolute Gasteiger partial charge is 0.329 e. The van der Waals surface area contributed by atoms with Gasteiger partial charge in [0.1, 0.15) is 48.1 Å². The van der Waals surface area contributed by atoms with E-state index in [-0.39, 0.29) is 99.1 Å². The summed E-state index contributed by atoms with van der Waals surface area (Å²) in [5, 5.41) is 68.3. The Labute approximate surface area is 676 Å². The van der Waals surface area contributed by atoms with Crippen LogP contribution in [0.5, 0.6) is 0 Å². The minimum atomic E-state index is -2.51. The second-order valence-electron chi connectivity index (χ2n) is 34.5. The number of carbonyl (C=O) groups is 8. The number of amides is 2. The maximum atomic E-state index is 14.3. The number of nitrogens with zero attached hydrogens (tertiary/aromatic N) is 2. The Hall–Kier alpha value is -5.56. The molecule has 6 heterocycles. The van der Waals surface area contributed by atoms with E-state index >= 15 is 0 Å². The van der Waals surface area contributed by atoms with E-state index in [4.69, 9.17) is 47.4 Å². The normalized spacial score (nSPS) is 41.0. The molecule has 0 aromatic carbocycles. The Kier molecular flexibility index (Phi) is 36.8. The van der Waals surface area contributed by atoms with Crippen LogP contribution in [-0.4, -0.2) is 252 Å². The van der Waals surface area contributed by atoms with Crippen LogP contribution in [0.15, 0.2) is 71.9 Å². The first kappa shape index (κ1) is 95.6. The number of hydrogen-bond acceptors (Lipinski definition) is 24. The molecule has 644 valence electrons. The van der Waals surface area contributed by atoms with Crippen LogP contribution in [0.2, 0.25) is 0 Å². The van der Waals surface area contributed by atoms with Crippen molar-refractivity contribution in [3.05, 3.63) is 71.9 Å². The number of rotatable bonds is 14. The lowest BCUT2D eigenvalue weighted by atomic mass is 9.81. The van der Waals surface area contributed by atoms with Gasteiger partial charge in [0, 0.05) is 104 Å². The average molecular weight is 1610 g/mol. The number of hydrogen-bond donors (Lipinski definition) is 6. The highest BCUT2D eigenvalue weighted by atomic mass is 16.7. The Morgan fingerprint density at radius 2 is 0.798 bits per heavy atom. The van der Waals surface area contributed by atoms with Crippen molar-refractivity contribution in [2.75, 3.05) is 55.7 Å². The maximum Gasteiger partial charge on any atom is 0.329 e. The van der Waals surface area contributed by atoms with Crippen molar-refractivity contribution in [1.82, 2.24) is 9.80 Å². The van der Waals surface area contributed by atoms with Gasteiger partial charge in [-0.1, -0.05) is 89.1 Å². The second-order valence-corrected chi connectivity index (χ2v) is 34.5. The Bertz CT molecular complexity index is 3170. The zero-order valence-corrected chi connectivity index (χ0v) is 70.8. The summed E-state index contributed by atoms with van der Waals surface area (Å²) < 4.78 is 59.5. The van der Waals surface area contributed by atoms with Crippen LogP contribution in [0.4, 0.5) is 0 Å². The van der Waals surface area contributed by atoms with E-state index in [9.17, 15) is 69.0 Å². The number of aliphatic hydroxyl groups excluding tert-OH is 4. The quantitative estimate of drug-likeness (QED) is 0.0535. The third kappa shape index (κ3) is 23.9. The van der Waals surface area contributed by atoms with E-state index in [2.05, 4.69) is 13.2 Å². The lowest BCUT2D eigenvalue weighted by Gasteiger charge is -2.47. The molecule has 8 rings (SSSR count). The molecule has 0 unspecified atom stereocenters. The number of carbonyl (C=O) groups excluding carboxylic acids is 8.